The van der Waals surface area contributed by atoms with E-state index in [4.69, 9.17) is 4.74 Å². The molecule has 2 aliphatic rings. The first kappa shape index (κ1) is 16.2. The van der Waals surface area contributed by atoms with Crippen LogP contribution in [0.1, 0.15) is 38.5 Å². The number of nitrogens with zero attached hydrogens (tertiary/aromatic N) is 1. The van der Waals surface area contributed by atoms with Crippen molar-refractivity contribution in [1.82, 2.24) is 10.2 Å². The molecule has 2 fully saturated rings. The van der Waals surface area contributed by atoms with Gasteiger partial charge in [0, 0.05) is 19.7 Å². The fourth-order valence-electron chi connectivity index (χ4n) is 3.74. The van der Waals surface area contributed by atoms with Crippen molar-refractivity contribution in [3.05, 3.63) is 0 Å². The Bertz CT molecular complexity index is 375. The summed E-state index contributed by atoms with van der Waals surface area (Å²) in [5.74, 6) is -0.352. The molecule has 3 atom stereocenters. The molecule has 1 aliphatic heterocycles. The lowest BCUT2D eigenvalue weighted by Crippen LogP contribution is -2.57. The maximum Gasteiger partial charge on any atom is 0.320 e. The number of hydrogen-bond acceptors (Lipinski definition) is 4. The number of fused-ring (bicyclic) bond motifs is 1. The summed E-state index contributed by atoms with van der Waals surface area (Å²) in [5.41, 5.74) is 0. The molecule has 0 aromatic carbocycles. The van der Waals surface area contributed by atoms with Crippen LogP contribution in [-0.4, -0.2) is 60.8 Å². The number of amides is 1. The van der Waals surface area contributed by atoms with Gasteiger partial charge in [0.1, 0.15) is 6.04 Å². The van der Waals surface area contributed by atoms with Crippen LogP contribution in [-0.2, 0) is 14.3 Å². The Labute approximate surface area is 125 Å². The van der Waals surface area contributed by atoms with E-state index in [2.05, 4.69) is 5.32 Å². The van der Waals surface area contributed by atoms with Crippen LogP contribution < -0.4 is 5.32 Å². The first-order chi connectivity index (χ1) is 10.1. The first-order valence-corrected chi connectivity index (χ1v) is 7.87. The van der Waals surface area contributed by atoms with Crippen molar-refractivity contribution in [3.8, 4) is 0 Å². The molecule has 1 amide bonds. The monoisotopic (exact) mass is 298 g/mol. The van der Waals surface area contributed by atoms with E-state index in [1.54, 1.807) is 7.11 Å². The molecule has 6 heteroatoms. The second kappa shape index (κ2) is 7.75. The smallest absolute Gasteiger partial charge is 0.320 e. The number of rotatable bonds is 6. The second-order valence-corrected chi connectivity index (χ2v) is 6.06. The summed E-state index contributed by atoms with van der Waals surface area (Å²) in [6, 6.07) is -0.265. The van der Waals surface area contributed by atoms with Crippen molar-refractivity contribution in [2.45, 2.75) is 50.6 Å². The summed E-state index contributed by atoms with van der Waals surface area (Å²) < 4.78 is 4.91. The van der Waals surface area contributed by atoms with Crippen LogP contribution in [0.3, 0.4) is 0 Å². The molecule has 6 nitrogen and oxygen atoms in total. The SMILES string of the molecule is COCCNC(=O)CN1C(C(=O)O)CCC2CCCCC21. The van der Waals surface area contributed by atoms with Crippen molar-refractivity contribution in [2.24, 2.45) is 5.92 Å². The van der Waals surface area contributed by atoms with Gasteiger partial charge in [-0.1, -0.05) is 12.8 Å². The fourth-order valence-corrected chi connectivity index (χ4v) is 3.74. The molecule has 3 unspecified atom stereocenters. The molecule has 0 bridgehead atoms. The third-order valence-corrected chi connectivity index (χ3v) is 4.75. The van der Waals surface area contributed by atoms with E-state index in [0.29, 0.717) is 25.5 Å². The van der Waals surface area contributed by atoms with E-state index in [-0.39, 0.29) is 18.5 Å². The Morgan fingerprint density at radius 2 is 2.00 bits per heavy atom. The number of piperidine rings is 1. The lowest BCUT2D eigenvalue weighted by Gasteiger charge is -2.46. The minimum atomic E-state index is -0.802. The summed E-state index contributed by atoms with van der Waals surface area (Å²) in [7, 11) is 1.59. The largest absolute Gasteiger partial charge is 0.480 e. The van der Waals surface area contributed by atoms with Gasteiger partial charge in [-0.15, -0.1) is 0 Å². The minimum absolute atomic E-state index is 0.107. The Balaban J connectivity index is 1.99. The molecule has 0 aromatic rings. The number of aliphatic carboxylic acids is 1. The number of carbonyl (C=O) groups excluding carboxylic acids is 1. The molecule has 0 radical (unpaired) electrons. The topological polar surface area (TPSA) is 78.9 Å². The molecule has 1 aliphatic carbocycles. The van der Waals surface area contributed by atoms with Crippen molar-refractivity contribution in [3.63, 3.8) is 0 Å². The van der Waals surface area contributed by atoms with Crippen LogP contribution in [0.2, 0.25) is 0 Å². The second-order valence-electron chi connectivity index (χ2n) is 6.06. The zero-order chi connectivity index (χ0) is 15.2. The quantitative estimate of drug-likeness (QED) is 0.711. The minimum Gasteiger partial charge on any atom is -0.480 e. The molecule has 1 saturated carbocycles. The summed E-state index contributed by atoms with van der Waals surface area (Å²) in [5, 5.41) is 12.2. The Morgan fingerprint density at radius 1 is 1.24 bits per heavy atom. The van der Waals surface area contributed by atoms with Gasteiger partial charge in [-0.25, -0.2) is 0 Å². The average Bonchev–Trinajstić information content (AvgIpc) is 2.47. The van der Waals surface area contributed by atoms with Gasteiger partial charge in [0.2, 0.25) is 5.91 Å². The normalized spacial score (nSPS) is 29.7. The maximum absolute atomic E-state index is 12.0. The summed E-state index contributed by atoms with van der Waals surface area (Å²) in [6.07, 6.45) is 6.17. The summed E-state index contributed by atoms with van der Waals surface area (Å²) in [4.78, 5) is 25.4. The number of hydrogen-bond donors (Lipinski definition) is 2. The van der Waals surface area contributed by atoms with Gasteiger partial charge in [-0.05, 0) is 31.6 Å². The standard InChI is InChI=1S/C15H26N2O4/c1-21-9-8-16-14(18)10-17-12-5-3-2-4-11(12)6-7-13(17)15(19)20/h11-13H,2-10H2,1H3,(H,16,18)(H,19,20). The molecule has 2 rings (SSSR count). The van der Waals surface area contributed by atoms with Crippen LogP contribution in [0.15, 0.2) is 0 Å². The highest BCUT2D eigenvalue weighted by molar-refractivity contribution is 5.80. The average molecular weight is 298 g/mol. The van der Waals surface area contributed by atoms with Crippen LogP contribution in [0.25, 0.3) is 0 Å². The Hall–Kier alpha value is -1.14. The van der Waals surface area contributed by atoms with E-state index in [9.17, 15) is 14.7 Å². The van der Waals surface area contributed by atoms with Gasteiger partial charge in [0.25, 0.3) is 0 Å². The third kappa shape index (κ3) is 4.17. The first-order valence-electron chi connectivity index (χ1n) is 7.87. The maximum atomic E-state index is 12.0. The zero-order valence-corrected chi connectivity index (χ0v) is 12.7. The van der Waals surface area contributed by atoms with Gasteiger partial charge >= 0.3 is 5.97 Å². The van der Waals surface area contributed by atoms with Crippen LogP contribution in [0.5, 0.6) is 0 Å². The number of methoxy groups -OCH3 is 1. The molecule has 1 saturated heterocycles. The number of carboxylic acids is 1. The number of likely N-dealkylation sites (tertiary alicyclic amines) is 1. The molecule has 0 spiro atoms. The highest BCUT2D eigenvalue weighted by Gasteiger charge is 2.41. The van der Waals surface area contributed by atoms with E-state index < -0.39 is 12.0 Å². The van der Waals surface area contributed by atoms with Gasteiger partial charge in [-0.2, -0.15) is 0 Å². The summed E-state index contributed by atoms with van der Waals surface area (Å²) in [6.45, 7) is 1.12. The highest BCUT2D eigenvalue weighted by Crippen LogP contribution is 2.37. The van der Waals surface area contributed by atoms with Gasteiger partial charge < -0.3 is 15.2 Å². The predicted molar refractivity (Wildman–Crippen MR) is 78.0 cm³/mol. The van der Waals surface area contributed by atoms with Crippen molar-refractivity contribution >= 4 is 11.9 Å². The van der Waals surface area contributed by atoms with Gasteiger partial charge in [-0.3, -0.25) is 14.5 Å². The number of ether oxygens (including phenoxy) is 1. The molecular formula is C15H26N2O4. The van der Waals surface area contributed by atoms with E-state index >= 15 is 0 Å². The number of carboxylic acid groups (broad SMARTS) is 1. The van der Waals surface area contributed by atoms with Crippen molar-refractivity contribution < 1.29 is 19.4 Å². The van der Waals surface area contributed by atoms with Crippen molar-refractivity contribution in [2.75, 3.05) is 26.8 Å². The lowest BCUT2D eigenvalue weighted by atomic mass is 9.76. The highest BCUT2D eigenvalue weighted by atomic mass is 16.5. The summed E-state index contributed by atoms with van der Waals surface area (Å²) >= 11 is 0. The van der Waals surface area contributed by atoms with E-state index in [1.807, 2.05) is 4.90 Å². The lowest BCUT2D eigenvalue weighted by molar-refractivity contribution is -0.149. The third-order valence-electron chi connectivity index (χ3n) is 4.75. The number of carbonyl (C=O) groups is 2. The Morgan fingerprint density at radius 3 is 2.71 bits per heavy atom. The fraction of sp³-hybridized carbons (Fsp3) is 0.867. The zero-order valence-electron chi connectivity index (χ0n) is 12.7. The van der Waals surface area contributed by atoms with E-state index in [0.717, 1.165) is 19.3 Å². The number of nitrogens with one attached hydrogen (secondary N) is 1. The molecule has 120 valence electrons. The predicted octanol–water partition coefficient (Wildman–Crippen LogP) is 0.857. The molecule has 2 N–H and O–H groups in total. The van der Waals surface area contributed by atoms with Crippen LogP contribution in [0.4, 0.5) is 0 Å². The van der Waals surface area contributed by atoms with E-state index in [1.165, 1.54) is 12.8 Å². The molecule has 1 heterocycles. The van der Waals surface area contributed by atoms with Crippen LogP contribution >= 0.6 is 0 Å². The molecular weight excluding hydrogens is 272 g/mol. The molecule has 21 heavy (non-hydrogen) atoms. The van der Waals surface area contributed by atoms with Gasteiger partial charge in [0.15, 0.2) is 0 Å². The molecule has 0 aromatic heterocycles. The Kier molecular flexibility index (Phi) is 5.99. The van der Waals surface area contributed by atoms with Crippen LogP contribution in [0, 0.1) is 5.92 Å². The van der Waals surface area contributed by atoms with Gasteiger partial charge in [0.05, 0.1) is 13.2 Å². The van der Waals surface area contributed by atoms with Crippen molar-refractivity contribution in [1.29, 1.82) is 0 Å².